The maximum Gasteiger partial charge on any atom is 0.215 e. The smallest absolute Gasteiger partial charge is 0.215 e. The molecule has 1 unspecified atom stereocenters. The number of aromatic nitrogens is 5. The van der Waals surface area contributed by atoms with Gasteiger partial charge in [0, 0.05) is 12.2 Å². The maximum atomic E-state index is 5.87. The highest BCUT2D eigenvalue weighted by atomic mass is 32.2. The first-order chi connectivity index (χ1) is 9.24. The van der Waals surface area contributed by atoms with Gasteiger partial charge in [0.2, 0.25) is 5.16 Å². The molecule has 1 aliphatic rings. The lowest BCUT2D eigenvalue weighted by atomic mass is 10.1. The Morgan fingerprint density at radius 3 is 3.11 bits per heavy atom. The molecule has 1 saturated carbocycles. The Bertz CT molecular complexity index is 563. The van der Waals surface area contributed by atoms with E-state index in [9.17, 15) is 0 Å². The summed E-state index contributed by atoms with van der Waals surface area (Å²) in [5.74, 6) is 0. The molecule has 0 radical (unpaired) electrons. The summed E-state index contributed by atoms with van der Waals surface area (Å²) in [5, 5.41) is 13.6. The van der Waals surface area contributed by atoms with Crippen LogP contribution >= 0.6 is 11.8 Å². The van der Waals surface area contributed by atoms with Crippen LogP contribution in [0.2, 0.25) is 0 Å². The molecule has 3 rings (SSSR count). The van der Waals surface area contributed by atoms with E-state index in [0.717, 1.165) is 35.0 Å². The quantitative estimate of drug-likeness (QED) is 0.890. The Hall–Kier alpha value is -1.47. The Kier molecular flexibility index (Phi) is 3.48. The van der Waals surface area contributed by atoms with Gasteiger partial charge in [0.1, 0.15) is 5.03 Å². The van der Waals surface area contributed by atoms with Crippen LogP contribution in [0.5, 0.6) is 0 Å². The predicted molar refractivity (Wildman–Crippen MR) is 71.8 cm³/mol. The molecule has 2 aromatic heterocycles. The highest BCUT2D eigenvalue weighted by Gasteiger charge is 2.28. The lowest BCUT2D eigenvalue weighted by molar-refractivity contribution is 0.565. The monoisotopic (exact) mass is 276 g/mol. The molecule has 0 aliphatic heterocycles. The minimum Gasteiger partial charge on any atom is -0.328 e. The zero-order chi connectivity index (χ0) is 13.2. The third kappa shape index (κ3) is 2.93. The second kappa shape index (κ2) is 5.26. The Morgan fingerprint density at radius 1 is 1.53 bits per heavy atom. The molecule has 19 heavy (non-hydrogen) atoms. The molecule has 6 nitrogen and oxygen atoms in total. The molecule has 1 aliphatic carbocycles. The van der Waals surface area contributed by atoms with Crippen LogP contribution in [0.1, 0.15) is 31.4 Å². The fourth-order valence-electron chi connectivity index (χ4n) is 1.91. The van der Waals surface area contributed by atoms with Crippen molar-refractivity contribution >= 4 is 11.8 Å². The maximum absolute atomic E-state index is 5.87. The Balaban J connectivity index is 1.84. The summed E-state index contributed by atoms with van der Waals surface area (Å²) >= 11 is 1.52. The van der Waals surface area contributed by atoms with Gasteiger partial charge in [-0.25, -0.2) is 9.67 Å². The molecule has 1 atom stereocenters. The summed E-state index contributed by atoms with van der Waals surface area (Å²) < 4.78 is 1.90. The molecule has 0 amide bonds. The van der Waals surface area contributed by atoms with Crippen molar-refractivity contribution < 1.29 is 0 Å². The minimum absolute atomic E-state index is 0.114. The van der Waals surface area contributed by atoms with Crippen molar-refractivity contribution in [2.24, 2.45) is 5.73 Å². The molecule has 0 aromatic carbocycles. The molecular formula is C12H16N6S. The van der Waals surface area contributed by atoms with E-state index in [1.165, 1.54) is 11.8 Å². The van der Waals surface area contributed by atoms with Gasteiger partial charge in [0.25, 0.3) is 0 Å². The lowest BCUT2D eigenvalue weighted by Crippen LogP contribution is -2.18. The second-order valence-corrected chi connectivity index (χ2v) is 5.84. The topological polar surface area (TPSA) is 82.5 Å². The normalized spacial score (nSPS) is 16.5. The number of rotatable bonds is 5. The summed E-state index contributed by atoms with van der Waals surface area (Å²) in [4.78, 5) is 4.43. The van der Waals surface area contributed by atoms with Gasteiger partial charge in [0.05, 0.1) is 6.04 Å². The van der Waals surface area contributed by atoms with E-state index in [1.54, 1.807) is 6.20 Å². The van der Waals surface area contributed by atoms with Gasteiger partial charge in [-0.05, 0) is 60.0 Å². The zero-order valence-electron chi connectivity index (χ0n) is 10.7. The van der Waals surface area contributed by atoms with Crippen molar-refractivity contribution in [2.75, 3.05) is 0 Å². The summed E-state index contributed by atoms with van der Waals surface area (Å²) in [7, 11) is 0. The van der Waals surface area contributed by atoms with Crippen molar-refractivity contribution in [2.45, 2.75) is 48.5 Å². The summed E-state index contributed by atoms with van der Waals surface area (Å²) in [5.41, 5.74) is 7.02. The first-order valence-corrected chi connectivity index (χ1v) is 7.21. The van der Waals surface area contributed by atoms with Gasteiger partial charge < -0.3 is 5.73 Å². The first kappa shape index (κ1) is 12.6. The molecule has 1 fully saturated rings. The van der Waals surface area contributed by atoms with Crippen LogP contribution in [-0.2, 0) is 6.42 Å². The molecule has 0 bridgehead atoms. The third-order valence-electron chi connectivity index (χ3n) is 2.94. The van der Waals surface area contributed by atoms with Crippen molar-refractivity contribution in [3.8, 4) is 0 Å². The van der Waals surface area contributed by atoms with Crippen LogP contribution in [0.3, 0.4) is 0 Å². The fourth-order valence-corrected chi connectivity index (χ4v) is 2.83. The number of nitrogens with two attached hydrogens (primary N) is 1. The molecule has 2 N–H and O–H groups in total. The first-order valence-electron chi connectivity index (χ1n) is 6.39. The van der Waals surface area contributed by atoms with Crippen LogP contribution in [0, 0.1) is 0 Å². The average molecular weight is 276 g/mol. The number of hydrogen-bond donors (Lipinski definition) is 1. The van der Waals surface area contributed by atoms with Crippen molar-refractivity contribution in [3.05, 3.63) is 23.9 Å². The van der Waals surface area contributed by atoms with Gasteiger partial charge in [-0.2, -0.15) is 0 Å². The van der Waals surface area contributed by atoms with E-state index >= 15 is 0 Å². The van der Waals surface area contributed by atoms with E-state index in [1.807, 2.05) is 17.7 Å². The molecular weight excluding hydrogens is 260 g/mol. The molecule has 2 aromatic rings. The van der Waals surface area contributed by atoms with Crippen molar-refractivity contribution in [1.29, 1.82) is 0 Å². The van der Waals surface area contributed by atoms with Gasteiger partial charge in [-0.1, -0.05) is 6.07 Å². The van der Waals surface area contributed by atoms with Crippen molar-refractivity contribution in [3.63, 3.8) is 0 Å². The van der Waals surface area contributed by atoms with Crippen LogP contribution < -0.4 is 5.73 Å². The largest absolute Gasteiger partial charge is 0.328 e. The fraction of sp³-hybridized carbons (Fsp3) is 0.500. The van der Waals surface area contributed by atoms with Crippen LogP contribution in [0.4, 0.5) is 0 Å². The predicted octanol–water partition coefficient (Wildman–Crippen LogP) is 1.44. The third-order valence-corrected chi connectivity index (χ3v) is 3.95. The zero-order valence-corrected chi connectivity index (χ0v) is 11.5. The molecule has 0 saturated heterocycles. The highest BCUT2D eigenvalue weighted by molar-refractivity contribution is 7.99. The number of nitrogens with zero attached hydrogens (tertiary/aromatic N) is 5. The molecule has 7 heteroatoms. The van der Waals surface area contributed by atoms with Crippen LogP contribution in [0.15, 0.2) is 28.5 Å². The van der Waals surface area contributed by atoms with Gasteiger partial charge in [-0.15, -0.1) is 5.10 Å². The molecule has 0 spiro atoms. The van der Waals surface area contributed by atoms with Gasteiger partial charge >= 0.3 is 0 Å². The van der Waals surface area contributed by atoms with E-state index in [4.69, 9.17) is 5.73 Å². The Labute approximate surface area is 115 Å². The average Bonchev–Trinajstić information content (AvgIpc) is 3.12. The number of pyridine rings is 1. The van der Waals surface area contributed by atoms with Gasteiger partial charge in [-0.3, -0.25) is 0 Å². The van der Waals surface area contributed by atoms with E-state index in [2.05, 4.69) is 26.6 Å². The Morgan fingerprint density at radius 2 is 2.37 bits per heavy atom. The SMILES string of the molecule is CC(N)Cc1cccnc1Sc1nnnn1C1CC1. The molecule has 100 valence electrons. The van der Waals surface area contributed by atoms with Crippen molar-refractivity contribution in [1.82, 2.24) is 25.2 Å². The highest BCUT2D eigenvalue weighted by Crippen LogP contribution is 2.38. The standard InChI is InChI=1S/C12H16N6S/c1-8(13)7-9-3-2-6-14-11(9)19-12-15-16-17-18(12)10-4-5-10/h2-3,6,8,10H,4-5,7,13H2,1H3. The molecule has 2 heterocycles. The summed E-state index contributed by atoms with van der Waals surface area (Å²) in [6.45, 7) is 2.00. The second-order valence-electron chi connectivity index (χ2n) is 4.89. The van der Waals surface area contributed by atoms with E-state index in [0.29, 0.717) is 6.04 Å². The lowest BCUT2D eigenvalue weighted by Gasteiger charge is -2.09. The summed E-state index contributed by atoms with van der Waals surface area (Å²) in [6, 6.07) is 4.58. The van der Waals surface area contributed by atoms with Gasteiger partial charge in [0.15, 0.2) is 0 Å². The van der Waals surface area contributed by atoms with Crippen LogP contribution in [-0.4, -0.2) is 31.2 Å². The summed E-state index contributed by atoms with van der Waals surface area (Å²) in [6.07, 6.45) is 4.92. The number of hydrogen-bond acceptors (Lipinski definition) is 6. The minimum atomic E-state index is 0.114. The van der Waals surface area contributed by atoms with E-state index in [-0.39, 0.29) is 6.04 Å². The van der Waals surface area contributed by atoms with E-state index < -0.39 is 0 Å². The number of tetrazole rings is 1. The van der Waals surface area contributed by atoms with Crippen LogP contribution in [0.25, 0.3) is 0 Å².